The number of rotatable bonds is 3. The smallest absolute Gasteiger partial charge is 0.127 e. The molecule has 2 aromatic carbocycles. The molecule has 4 rings (SSSR count). The number of hydrogen-bond donors (Lipinski definition) is 1. The van der Waals surface area contributed by atoms with E-state index in [4.69, 9.17) is 20.5 Å². The maximum absolute atomic E-state index is 8.86. The van der Waals surface area contributed by atoms with Crippen LogP contribution < -0.4 is 10.5 Å². The summed E-state index contributed by atoms with van der Waals surface area (Å²) in [5, 5.41) is 8.86. The van der Waals surface area contributed by atoms with E-state index >= 15 is 0 Å². The molecule has 0 amide bonds. The lowest BCUT2D eigenvalue weighted by atomic mass is 9.89. The van der Waals surface area contributed by atoms with Crippen LogP contribution in [-0.4, -0.2) is 19.3 Å². The molecule has 1 saturated heterocycles. The van der Waals surface area contributed by atoms with Crippen LogP contribution in [0.3, 0.4) is 0 Å². The Morgan fingerprint density at radius 2 is 2.04 bits per heavy atom. The minimum absolute atomic E-state index is 0.478. The van der Waals surface area contributed by atoms with E-state index in [1.165, 1.54) is 16.7 Å². The van der Waals surface area contributed by atoms with Gasteiger partial charge in [-0.25, -0.2) is 0 Å². The zero-order valence-electron chi connectivity index (χ0n) is 12.8. The van der Waals surface area contributed by atoms with Crippen LogP contribution in [0.15, 0.2) is 36.4 Å². The van der Waals surface area contributed by atoms with Crippen molar-refractivity contribution < 1.29 is 9.47 Å². The van der Waals surface area contributed by atoms with Crippen LogP contribution in [-0.2, 0) is 17.8 Å². The van der Waals surface area contributed by atoms with E-state index in [1.54, 1.807) is 0 Å². The zero-order chi connectivity index (χ0) is 15.8. The van der Waals surface area contributed by atoms with E-state index in [9.17, 15) is 0 Å². The fourth-order valence-corrected chi connectivity index (χ4v) is 3.14. The first-order chi connectivity index (χ1) is 11.2. The van der Waals surface area contributed by atoms with Gasteiger partial charge in [-0.05, 0) is 28.3 Å². The number of nitrogens with two attached hydrogens (primary N) is 1. The summed E-state index contributed by atoms with van der Waals surface area (Å²) in [7, 11) is 0. The molecule has 0 bridgehead atoms. The summed E-state index contributed by atoms with van der Waals surface area (Å²) in [4.78, 5) is 0. The first-order valence-electron chi connectivity index (χ1n) is 7.86. The molecule has 23 heavy (non-hydrogen) atoms. The number of ether oxygens (including phenoxy) is 2. The third-order valence-corrected chi connectivity index (χ3v) is 4.58. The first-order valence-corrected chi connectivity index (χ1v) is 7.86. The van der Waals surface area contributed by atoms with Crippen molar-refractivity contribution in [3.05, 3.63) is 53.1 Å². The Balaban J connectivity index is 1.69. The van der Waals surface area contributed by atoms with Gasteiger partial charge in [-0.15, -0.1) is 0 Å². The molecule has 2 N–H and O–H groups in total. The molecule has 4 heteroatoms. The van der Waals surface area contributed by atoms with Crippen molar-refractivity contribution in [2.45, 2.75) is 25.0 Å². The second kappa shape index (κ2) is 5.69. The summed E-state index contributed by atoms with van der Waals surface area (Å²) in [6.45, 7) is 2.21. The summed E-state index contributed by atoms with van der Waals surface area (Å²) < 4.78 is 11.2. The number of fused-ring (bicyclic) bond motifs is 3. The van der Waals surface area contributed by atoms with Crippen molar-refractivity contribution in [3.63, 3.8) is 0 Å². The monoisotopic (exact) mass is 306 g/mol. The van der Waals surface area contributed by atoms with E-state index in [0.29, 0.717) is 18.9 Å². The Labute approximate surface area is 135 Å². The van der Waals surface area contributed by atoms with Crippen molar-refractivity contribution >= 4 is 0 Å². The topological polar surface area (TPSA) is 68.3 Å². The highest BCUT2D eigenvalue weighted by atomic mass is 16.5. The van der Waals surface area contributed by atoms with Gasteiger partial charge in [-0.2, -0.15) is 5.26 Å². The number of nitrogens with zero attached hydrogens (tertiary/aromatic N) is 1. The van der Waals surface area contributed by atoms with Gasteiger partial charge >= 0.3 is 0 Å². The van der Waals surface area contributed by atoms with Crippen molar-refractivity contribution in [2.24, 2.45) is 5.73 Å². The van der Waals surface area contributed by atoms with Crippen LogP contribution in [0.4, 0.5) is 0 Å². The molecule has 0 saturated carbocycles. The molecule has 116 valence electrons. The summed E-state index contributed by atoms with van der Waals surface area (Å²) in [6, 6.07) is 14.3. The minimum atomic E-state index is -0.478. The van der Waals surface area contributed by atoms with Gasteiger partial charge in [0.25, 0.3) is 0 Å². The molecule has 0 aliphatic carbocycles. The largest absolute Gasteiger partial charge is 0.488 e. The van der Waals surface area contributed by atoms with E-state index in [2.05, 4.69) is 30.3 Å². The number of nitriles is 1. The SMILES string of the molecule is N#CC(N)Cc1ccc2c(c1)OCc1ccc(C3COC3)cc1-2. The van der Waals surface area contributed by atoms with E-state index in [-0.39, 0.29) is 0 Å². The summed E-state index contributed by atoms with van der Waals surface area (Å²) in [5.41, 5.74) is 11.6. The molecule has 2 aromatic rings. The second-order valence-corrected chi connectivity index (χ2v) is 6.21. The van der Waals surface area contributed by atoms with Crippen molar-refractivity contribution in [1.82, 2.24) is 0 Å². The molecule has 1 atom stereocenters. The average Bonchev–Trinajstić information content (AvgIpc) is 2.52. The Hall–Kier alpha value is -2.35. The van der Waals surface area contributed by atoms with E-state index < -0.39 is 6.04 Å². The predicted octanol–water partition coefficient (Wildman–Crippen LogP) is 2.75. The maximum atomic E-state index is 8.86. The van der Waals surface area contributed by atoms with Gasteiger partial charge in [0.15, 0.2) is 0 Å². The van der Waals surface area contributed by atoms with Crippen molar-refractivity contribution in [2.75, 3.05) is 13.2 Å². The fraction of sp³-hybridized carbons (Fsp3) is 0.316. The molecule has 2 aliphatic heterocycles. The first kappa shape index (κ1) is 14.3. The molecule has 0 spiro atoms. The Kier molecular flexibility index (Phi) is 3.53. The van der Waals surface area contributed by atoms with Gasteiger partial charge in [0.1, 0.15) is 12.4 Å². The Morgan fingerprint density at radius 1 is 1.17 bits per heavy atom. The quantitative estimate of drug-likeness (QED) is 0.946. The molecule has 0 radical (unpaired) electrons. The van der Waals surface area contributed by atoms with Crippen molar-refractivity contribution in [3.8, 4) is 22.9 Å². The van der Waals surface area contributed by atoms with Crippen LogP contribution in [0, 0.1) is 11.3 Å². The normalized spacial score (nSPS) is 17.2. The van der Waals surface area contributed by atoms with Crippen LogP contribution in [0.1, 0.15) is 22.6 Å². The minimum Gasteiger partial charge on any atom is -0.488 e. The van der Waals surface area contributed by atoms with Crippen LogP contribution in [0.5, 0.6) is 5.75 Å². The lowest BCUT2D eigenvalue weighted by Gasteiger charge is -2.28. The maximum Gasteiger partial charge on any atom is 0.127 e. The van der Waals surface area contributed by atoms with Crippen LogP contribution >= 0.6 is 0 Å². The molecule has 1 fully saturated rings. The Morgan fingerprint density at radius 3 is 2.78 bits per heavy atom. The van der Waals surface area contributed by atoms with Crippen LogP contribution in [0.2, 0.25) is 0 Å². The van der Waals surface area contributed by atoms with Gasteiger partial charge in [0.05, 0.1) is 25.3 Å². The summed E-state index contributed by atoms with van der Waals surface area (Å²) in [5.74, 6) is 1.39. The third-order valence-electron chi connectivity index (χ3n) is 4.58. The molecular weight excluding hydrogens is 288 g/mol. The molecule has 4 nitrogen and oxygen atoms in total. The zero-order valence-corrected chi connectivity index (χ0v) is 12.8. The summed E-state index contributed by atoms with van der Waals surface area (Å²) >= 11 is 0. The molecule has 1 unspecified atom stereocenters. The lowest BCUT2D eigenvalue weighted by molar-refractivity contribution is 0.00842. The van der Waals surface area contributed by atoms with E-state index in [0.717, 1.165) is 30.1 Å². The van der Waals surface area contributed by atoms with Gasteiger partial charge in [0.2, 0.25) is 0 Å². The van der Waals surface area contributed by atoms with Crippen molar-refractivity contribution in [1.29, 1.82) is 5.26 Å². The third kappa shape index (κ3) is 2.59. The predicted molar refractivity (Wildman–Crippen MR) is 87.1 cm³/mol. The molecular formula is C19H18N2O2. The molecule has 0 aromatic heterocycles. The van der Waals surface area contributed by atoms with Gasteiger partial charge in [-0.1, -0.05) is 30.3 Å². The molecule has 2 heterocycles. The highest BCUT2D eigenvalue weighted by Crippen LogP contribution is 2.40. The molecule has 2 aliphatic rings. The highest BCUT2D eigenvalue weighted by Gasteiger charge is 2.24. The highest BCUT2D eigenvalue weighted by molar-refractivity contribution is 5.76. The fourth-order valence-electron chi connectivity index (χ4n) is 3.14. The Bertz CT molecular complexity index is 790. The van der Waals surface area contributed by atoms with Crippen LogP contribution in [0.25, 0.3) is 11.1 Å². The number of hydrogen-bond acceptors (Lipinski definition) is 4. The second-order valence-electron chi connectivity index (χ2n) is 6.21. The standard InChI is InChI=1S/C19H18N2O2/c20-8-16(21)5-12-1-4-17-18-7-13(15-9-22-10-15)2-3-14(18)11-23-19(17)6-12/h1-4,6-7,15-16H,5,9-11,21H2. The summed E-state index contributed by atoms with van der Waals surface area (Å²) in [6.07, 6.45) is 0.541. The van der Waals surface area contributed by atoms with Gasteiger partial charge in [-0.3, -0.25) is 0 Å². The van der Waals surface area contributed by atoms with Gasteiger partial charge < -0.3 is 15.2 Å². The lowest BCUT2D eigenvalue weighted by Crippen LogP contribution is -2.25. The van der Waals surface area contributed by atoms with E-state index in [1.807, 2.05) is 12.1 Å². The average molecular weight is 306 g/mol. The van der Waals surface area contributed by atoms with Gasteiger partial charge in [0, 0.05) is 17.9 Å². The number of benzene rings is 2.